The summed E-state index contributed by atoms with van der Waals surface area (Å²) in [5.41, 5.74) is -1.13. The van der Waals surface area contributed by atoms with Gasteiger partial charge in [-0.2, -0.15) is 0 Å². The second-order valence-electron chi connectivity index (χ2n) is 10.7. The van der Waals surface area contributed by atoms with E-state index >= 15 is 0 Å². The molecule has 0 saturated heterocycles. The van der Waals surface area contributed by atoms with Crippen molar-refractivity contribution in [3.05, 3.63) is 40.8 Å². The summed E-state index contributed by atoms with van der Waals surface area (Å²) in [6.45, 7) is 10.4. The summed E-state index contributed by atoms with van der Waals surface area (Å²) < 4.78 is 17.2. The van der Waals surface area contributed by atoms with Crippen molar-refractivity contribution < 1.29 is 23.8 Å². The quantitative estimate of drug-likeness (QED) is 0.545. The van der Waals surface area contributed by atoms with Crippen LogP contribution in [0.25, 0.3) is 11.0 Å². The zero-order chi connectivity index (χ0) is 23.3. The average molecular weight is 443 g/mol. The van der Waals surface area contributed by atoms with Gasteiger partial charge in [-0.05, 0) is 62.1 Å². The first-order chi connectivity index (χ1) is 14.9. The number of hydrogen-bond acceptors (Lipinski definition) is 6. The lowest BCUT2D eigenvalue weighted by Gasteiger charge is -2.62. The minimum Gasteiger partial charge on any atom is -0.493 e. The van der Waals surface area contributed by atoms with Crippen molar-refractivity contribution >= 4 is 16.9 Å². The summed E-state index contributed by atoms with van der Waals surface area (Å²) >= 11 is 0. The second-order valence-corrected chi connectivity index (χ2v) is 10.7. The Bertz CT molecular complexity index is 1070. The summed E-state index contributed by atoms with van der Waals surface area (Å²) in [4.78, 5) is 23.2. The molecule has 2 aliphatic carbocycles. The van der Waals surface area contributed by atoms with E-state index in [0.29, 0.717) is 24.4 Å². The molecule has 6 heteroatoms. The first kappa shape index (κ1) is 22.8. The summed E-state index contributed by atoms with van der Waals surface area (Å²) in [5.74, 6) is 0.569. The van der Waals surface area contributed by atoms with Gasteiger partial charge in [-0.3, -0.25) is 4.79 Å². The zero-order valence-corrected chi connectivity index (χ0v) is 19.6. The number of carbonyl (C=O) groups excluding carboxylic acids is 1. The third-order valence-corrected chi connectivity index (χ3v) is 8.27. The van der Waals surface area contributed by atoms with Crippen molar-refractivity contribution in [3.63, 3.8) is 0 Å². The molecule has 0 aliphatic heterocycles. The number of fused-ring (bicyclic) bond motifs is 2. The molecule has 0 bridgehead atoms. The molecule has 0 amide bonds. The summed E-state index contributed by atoms with van der Waals surface area (Å²) in [6, 6.07) is 8.59. The Morgan fingerprint density at radius 2 is 1.84 bits per heavy atom. The molecule has 1 aromatic carbocycles. The lowest BCUT2D eigenvalue weighted by molar-refractivity contribution is -0.210. The SMILES string of the molecule is CC(=O)OC1CC[C@]2(C)C(CC[C@@](C)(O)[C@H]2COc2ccc3ccc(=O)oc3c2)C1(C)C. The topological polar surface area (TPSA) is 86.0 Å². The van der Waals surface area contributed by atoms with E-state index in [1.807, 2.05) is 19.1 Å². The Morgan fingerprint density at radius 3 is 2.56 bits per heavy atom. The van der Waals surface area contributed by atoms with Crippen LogP contribution < -0.4 is 10.4 Å². The molecular weight excluding hydrogens is 408 g/mol. The normalized spacial score (nSPS) is 34.0. The van der Waals surface area contributed by atoms with Gasteiger partial charge in [0.25, 0.3) is 0 Å². The molecular formula is C26H34O6. The van der Waals surface area contributed by atoms with E-state index < -0.39 is 11.2 Å². The fourth-order valence-corrected chi connectivity index (χ4v) is 6.59. The van der Waals surface area contributed by atoms with Crippen molar-refractivity contribution in [1.29, 1.82) is 0 Å². The fraction of sp³-hybridized carbons (Fsp3) is 0.615. The van der Waals surface area contributed by atoms with Crippen LogP contribution in [0.3, 0.4) is 0 Å². The molecule has 4 rings (SSSR count). The molecule has 2 saturated carbocycles. The molecule has 2 fully saturated rings. The number of rotatable bonds is 4. The molecule has 174 valence electrons. The molecule has 32 heavy (non-hydrogen) atoms. The van der Waals surface area contributed by atoms with Gasteiger partial charge in [-0.15, -0.1) is 0 Å². The lowest BCUT2D eigenvalue weighted by atomic mass is 9.45. The predicted octanol–water partition coefficient (Wildman–Crippen LogP) is 4.71. The average Bonchev–Trinajstić information content (AvgIpc) is 2.68. The minimum absolute atomic E-state index is 0.0928. The van der Waals surface area contributed by atoms with Crippen LogP contribution in [0.1, 0.15) is 60.3 Å². The Hall–Kier alpha value is -2.34. The van der Waals surface area contributed by atoms with Crippen LogP contribution in [0.2, 0.25) is 0 Å². The van der Waals surface area contributed by atoms with E-state index in [2.05, 4.69) is 20.8 Å². The van der Waals surface area contributed by atoms with Crippen molar-refractivity contribution in [3.8, 4) is 5.75 Å². The molecule has 2 aliphatic rings. The van der Waals surface area contributed by atoms with E-state index in [-0.39, 0.29) is 34.7 Å². The van der Waals surface area contributed by atoms with Crippen LogP contribution in [-0.4, -0.2) is 29.4 Å². The Balaban J connectivity index is 1.59. The molecule has 2 aromatic rings. The fourth-order valence-electron chi connectivity index (χ4n) is 6.59. The van der Waals surface area contributed by atoms with Crippen LogP contribution in [-0.2, 0) is 9.53 Å². The van der Waals surface area contributed by atoms with Gasteiger partial charge in [0.05, 0.1) is 12.2 Å². The van der Waals surface area contributed by atoms with Crippen LogP contribution in [0.5, 0.6) is 5.75 Å². The smallest absolute Gasteiger partial charge is 0.336 e. The van der Waals surface area contributed by atoms with Gasteiger partial charge in [-0.1, -0.05) is 20.8 Å². The lowest BCUT2D eigenvalue weighted by Crippen LogP contribution is -2.62. The number of carbonyl (C=O) groups is 1. The summed E-state index contributed by atoms with van der Waals surface area (Å²) in [6.07, 6.45) is 3.06. The maximum atomic E-state index is 11.7. The van der Waals surface area contributed by atoms with E-state index in [9.17, 15) is 14.7 Å². The zero-order valence-electron chi connectivity index (χ0n) is 19.6. The van der Waals surface area contributed by atoms with Crippen molar-refractivity contribution in [2.75, 3.05) is 6.61 Å². The number of hydrogen-bond donors (Lipinski definition) is 1. The number of esters is 1. The highest BCUT2D eigenvalue weighted by Crippen LogP contribution is 2.62. The van der Waals surface area contributed by atoms with Crippen molar-refractivity contribution in [2.24, 2.45) is 22.7 Å². The third-order valence-electron chi connectivity index (χ3n) is 8.27. The number of benzene rings is 1. The number of aliphatic hydroxyl groups is 1. The highest BCUT2D eigenvalue weighted by Gasteiger charge is 2.61. The molecule has 0 radical (unpaired) electrons. The van der Waals surface area contributed by atoms with Crippen LogP contribution in [0.15, 0.2) is 39.5 Å². The van der Waals surface area contributed by atoms with Crippen LogP contribution in [0.4, 0.5) is 0 Å². The van der Waals surface area contributed by atoms with E-state index in [1.165, 1.54) is 13.0 Å². The third kappa shape index (κ3) is 3.94. The van der Waals surface area contributed by atoms with Crippen LogP contribution in [0, 0.1) is 22.7 Å². The largest absolute Gasteiger partial charge is 0.493 e. The highest BCUT2D eigenvalue weighted by atomic mass is 16.5. The first-order valence-corrected chi connectivity index (χ1v) is 11.5. The van der Waals surface area contributed by atoms with Gasteiger partial charge in [0, 0.05) is 35.8 Å². The maximum Gasteiger partial charge on any atom is 0.336 e. The van der Waals surface area contributed by atoms with Crippen LogP contribution >= 0.6 is 0 Å². The minimum atomic E-state index is -0.862. The molecule has 1 heterocycles. The molecule has 1 aromatic heterocycles. The monoisotopic (exact) mass is 442 g/mol. The number of ether oxygens (including phenoxy) is 2. The molecule has 5 atom stereocenters. The Kier molecular flexibility index (Phi) is 5.64. The highest BCUT2D eigenvalue weighted by molar-refractivity contribution is 5.77. The Morgan fingerprint density at radius 1 is 1.12 bits per heavy atom. The van der Waals surface area contributed by atoms with Gasteiger partial charge in [0.15, 0.2) is 0 Å². The Labute approximate surface area is 188 Å². The van der Waals surface area contributed by atoms with Crippen molar-refractivity contribution in [1.82, 2.24) is 0 Å². The van der Waals surface area contributed by atoms with Gasteiger partial charge >= 0.3 is 11.6 Å². The van der Waals surface area contributed by atoms with Crippen molar-refractivity contribution in [2.45, 2.75) is 72.0 Å². The molecule has 0 spiro atoms. The van der Waals surface area contributed by atoms with Gasteiger partial charge in [0.2, 0.25) is 0 Å². The summed E-state index contributed by atoms with van der Waals surface area (Å²) in [5, 5.41) is 12.2. The molecule has 6 nitrogen and oxygen atoms in total. The second kappa shape index (κ2) is 7.91. The molecule has 1 N–H and O–H groups in total. The van der Waals surface area contributed by atoms with E-state index in [4.69, 9.17) is 13.9 Å². The predicted molar refractivity (Wildman–Crippen MR) is 121 cm³/mol. The standard InChI is InChI=1S/C26H34O6/c1-16(27)31-22-11-12-25(4)20(24(22,2)3)10-13-26(5,29)21(25)15-30-18-8-6-17-7-9-23(28)32-19(17)14-18/h6-9,14,20-22,29H,10-13,15H2,1-5H3/t20?,21-,22?,25+,26+/m0/s1. The van der Waals surface area contributed by atoms with Gasteiger partial charge in [-0.25, -0.2) is 4.79 Å². The first-order valence-electron chi connectivity index (χ1n) is 11.5. The molecule has 2 unspecified atom stereocenters. The summed E-state index contributed by atoms with van der Waals surface area (Å²) in [7, 11) is 0. The van der Waals surface area contributed by atoms with Gasteiger partial charge < -0.3 is 19.0 Å². The van der Waals surface area contributed by atoms with Gasteiger partial charge in [0.1, 0.15) is 17.4 Å². The maximum absolute atomic E-state index is 11.7. The van der Waals surface area contributed by atoms with E-state index in [1.54, 1.807) is 12.1 Å². The van der Waals surface area contributed by atoms with E-state index in [0.717, 1.165) is 24.6 Å².